The summed E-state index contributed by atoms with van der Waals surface area (Å²) in [6, 6.07) is 0.619. The number of hydrogen-bond acceptors (Lipinski definition) is 4. The van der Waals surface area contributed by atoms with Crippen LogP contribution < -0.4 is 5.32 Å². The Morgan fingerprint density at radius 3 is 2.94 bits per heavy atom. The Balaban J connectivity index is 2.26. The fraction of sp³-hybridized carbons (Fsp3) is 1.00. The highest BCUT2D eigenvalue weighted by atomic mass is 16.5. The molecule has 1 rings (SSSR count). The zero-order chi connectivity index (χ0) is 13.2. The van der Waals surface area contributed by atoms with E-state index in [1.807, 2.05) is 6.92 Å². The summed E-state index contributed by atoms with van der Waals surface area (Å²) in [6.45, 7) is 10.9. The van der Waals surface area contributed by atoms with E-state index >= 15 is 0 Å². The molecule has 0 saturated carbocycles. The summed E-state index contributed by atoms with van der Waals surface area (Å²) in [5.74, 6) is 0.608. The highest BCUT2D eigenvalue weighted by molar-refractivity contribution is 4.81. The van der Waals surface area contributed by atoms with Gasteiger partial charge < -0.3 is 19.7 Å². The lowest BCUT2D eigenvalue weighted by atomic mass is 9.95. The first-order valence-corrected chi connectivity index (χ1v) is 7.35. The van der Waals surface area contributed by atoms with Gasteiger partial charge in [-0.2, -0.15) is 0 Å². The van der Waals surface area contributed by atoms with Crippen LogP contribution in [0.5, 0.6) is 0 Å². The van der Waals surface area contributed by atoms with Crippen molar-refractivity contribution in [3.05, 3.63) is 0 Å². The molecule has 0 radical (unpaired) electrons. The van der Waals surface area contributed by atoms with Crippen molar-refractivity contribution in [3.63, 3.8) is 0 Å². The van der Waals surface area contributed by atoms with E-state index in [-0.39, 0.29) is 0 Å². The van der Waals surface area contributed by atoms with Gasteiger partial charge >= 0.3 is 0 Å². The number of ether oxygens (including phenoxy) is 2. The molecule has 1 fully saturated rings. The Hall–Kier alpha value is -0.160. The Bertz CT molecular complexity index is 202. The molecule has 108 valence electrons. The molecule has 18 heavy (non-hydrogen) atoms. The minimum Gasteiger partial charge on any atom is -0.381 e. The fourth-order valence-corrected chi connectivity index (χ4v) is 2.43. The van der Waals surface area contributed by atoms with Gasteiger partial charge in [-0.05, 0) is 33.4 Å². The lowest BCUT2D eigenvalue weighted by molar-refractivity contribution is 0.0161. The first-order chi connectivity index (χ1) is 8.77. The Morgan fingerprint density at radius 1 is 1.39 bits per heavy atom. The molecule has 0 spiro atoms. The molecule has 0 amide bonds. The second-order valence-corrected chi connectivity index (χ2v) is 5.14. The van der Waals surface area contributed by atoms with Gasteiger partial charge in [0.1, 0.15) is 0 Å². The largest absolute Gasteiger partial charge is 0.381 e. The van der Waals surface area contributed by atoms with Crippen LogP contribution in [0.3, 0.4) is 0 Å². The molecule has 0 aromatic rings. The summed E-state index contributed by atoms with van der Waals surface area (Å²) in [5, 5.41) is 3.66. The molecule has 0 aromatic carbocycles. The summed E-state index contributed by atoms with van der Waals surface area (Å²) < 4.78 is 11.0. The van der Waals surface area contributed by atoms with Gasteiger partial charge in [-0.1, -0.05) is 6.92 Å². The average Bonchev–Trinajstić information content (AvgIpc) is 2.38. The normalized spacial score (nSPS) is 24.7. The highest BCUT2D eigenvalue weighted by Gasteiger charge is 2.25. The van der Waals surface area contributed by atoms with Crippen LogP contribution in [0, 0.1) is 5.92 Å². The van der Waals surface area contributed by atoms with E-state index in [4.69, 9.17) is 9.47 Å². The maximum atomic E-state index is 5.62. The van der Waals surface area contributed by atoms with Gasteiger partial charge in [0.15, 0.2) is 0 Å². The smallest absolute Gasteiger partial charge is 0.0593 e. The molecule has 0 aliphatic carbocycles. The van der Waals surface area contributed by atoms with Crippen molar-refractivity contribution < 1.29 is 9.47 Å². The van der Waals surface area contributed by atoms with E-state index in [0.717, 1.165) is 52.5 Å². The Kier molecular flexibility index (Phi) is 8.59. The van der Waals surface area contributed by atoms with E-state index in [2.05, 4.69) is 24.2 Å². The minimum atomic E-state index is 0.608. The van der Waals surface area contributed by atoms with E-state index in [1.165, 1.54) is 6.42 Å². The molecule has 1 aliphatic heterocycles. The fourth-order valence-electron chi connectivity index (χ4n) is 2.43. The van der Waals surface area contributed by atoms with Gasteiger partial charge in [-0.15, -0.1) is 0 Å². The number of hydrogen-bond donors (Lipinski definition) is 1. The van der Waals surface area contributed by atoms with Crippen molar-refractivity contribution in [2.45, 2.75) is 32.7 Å². The predicted molar refractivity (Wildman–Crippen MR) is 75.0 cm³/mol. The van der Waals surface area contributed by atoms with E-state index in [0.29, 0.717) is 12.0 Å². The molecule has 1 N–H and O–H groups in total. The van der Waals surface area contributed by atoms with Crippen LogP contribution in [0.1, 0.15) is 26.7 Å². The van der Waals surface area contributed by atoms with Crippen molar-refractivity contribution in [2.75, 3.05) is 53.1 Å². The van der Waals surface area contributed by atoms with Crippen LogP contribution in [0.2, 0.25) is 0 Å². The first kappa shape index (κ1) is 15.9. The molecular weight excluding hydrogens is 228 g/mol. The van der Waals surface area contributed by atoms with Gasteiger partial charge in [0.25, 0.3) is 0 Å². The molecule has 0 aromatic heterocycles. The quantitative estimate of drug-likeness (QED) is 0.633. The number of nitrogens with zero attached hydrogens (tertiary/aromatic N) is 1. The topological polar surface area (TPSA) is 33.7 Å². The Morgan fingerprint density at radius 2 is 2.22 bits per heavy atom. The third-order valence-corrected chi connectivity index (χ3v) is 3.50. The van der Waals surface area contributed by atoms with E-state index < -0.39 is 0 Å². The molecule has 1 saturated heterocycles. The van der Waals surface area contributed by atoms with Crippen molar-refractivity contribution in [1.82, 2.24) is 10.2 Å². The predicted octanol–water partition coefficient (Wildman–Crippen LogP) is 1.36. The summed E-state index contributed by atoms with van der Waals surface area (Å²) in [7, 11) is 2.17. The number of likely N-dealkylation sites (N-methyl/N-ethyl adjacent to an activating group) is 1. The third kappa shape index (κ3) is 6.14. The van der Waals surface area contributed by atoms with Crippen molar-refractivity contribution in [1.29, 1.82) is 0 Å². The van der Waals surface area contributed by atoms with E-state index in [1.54, 1.807) is 0 Å². The van der Waals surface area contributed by atoms with Crippen LogP contribution in [0.15, 0.2) is 0 Å². The second-order valence-electron chi connectivity index (χ2n) is 5.14. The third-order valence-electron chi connectivity index (χ3n) is 3.50. The first-order valence-electron chi connectivity index (χ1n) is 7.35. The molecule has 1 heterocycles. The summed E-state index contributed by atoms with van der Waals surface area (Å²) >= 11 is 0. The van der Waals surface area contributed by atoms with Gasteiger partial charge in [0.2, 0.25) is 0 Å². The van der Waals surface area contributed by atoms with Crippen LogP contribution in [-0.4, -0.2) is 64.1 Å². The summed E-state index contributed by atoms with van der Waals surface area (Å²) in [6.07, 6.45) is 2.34. The van der Waals surface area contributed by atoms with Gasteiger partial charge in [-0.3, -0.25) is 0 Å². The van der Waals surface area contributed by atoms with Crippen LogP contribution >= 0.6 is 0 Å². The van der Waals surface area contributed by atoms with Crippen LogP contribution in [0.25, 0.3) is 0 Å². The number of nitrogens with one attached hydrogen (secondary N) is 1. The molecule has 2 atom stereocenters. The van der Waals surface area contributed by atoms with Gasteiger partial charge in [0.05, 0.1) is 13.2 Å². The highest BCUT2D eigenvalue weighted by Crippen LogP contribution is 2.15. The molecule has 2 unspecified atom stereocenters. The summed E-state index contributed by atoms with van der Waals surface area (Å²) in [5.41, 5.74) is 0. The standard InChI is InChI=1S/C14H30N2O2/c1-4-7-15-14-6-9-18-12-13(14)11-16(3)8-10-17-5-2/h13-15H,4-12H2,1-3H3. The second kappa shape index (κ2) is 9.73. The molecular formula is C14H30N2O2. The molecule has 0 bridgehead atoms. The number of rotatable bonds is 9. The zero-order valence-corrected chi connectivity index (χ0v) is 12.3. The van der Waals surface area contributed by atoms with Crippen molar-refractivity contribution in [3.8, 4) is 0 Å². The molecule has 4 nitrogen and oxygen atoms in total. The molecule has 1 aliphatic rings. The Labute approximate surface area is 112 Å². The van der Waals surface area contributed by atoms with Crippen LogP contribution in [0.4, 0.5) is 0 Å². The van der Waals surface area contributed by atoms with Gasteiger partial charge in [0, 0.05) is 38.3 Å². The van der Waals surface area contributed by atoms with Crippen molar-refractivity contribution in [2.24, 2.45) is 5.92 Å². The van der Waals surface area contributed by atoms with Crippen LogP contribution in [-0.2, 0) is 9.47 Å². The van der Waals surface area contributed by atoms with Crippen molar-refractivity contribution >= 4 is 0 Å². The maximum Gasteiger partial charge on any atom is 0.0593 e. The summed E-state index contributed by atoms with van der Waals surface area (Å²) in [4.78, 5) is 2.36. The van der Waals surface area contributed by atoms with Gasteiger partial charge in [-0.25, -0.2) is 0 Å². The monoisotopic (exact) mass is 258 g/mol. The SMILES string of the molecule is CCCNC1CCOCC1CN(C)CCOCC. The maximum absolute atomic E-state index is 5.62. The molecule has 4 heteroatoms. The lowest BCUT2D eigenvalue weighted by Crippen LogP contribution is -2.47. The van der Waals surface area contributed by atoms with E-state index in [9.17, 15) is 0 Å². The average molecular weight is 258 g/mol. The zero-order valence-electron chi connectivity index (χ0n) is 12.3. The minimum absolute atomic E-state index is 0.608. The lowest BCUT2D eigenvalue weighted by Gasteiger charge is -2.34.